The molecule has 2 amide bonds. The minimum absolute atomic E-state index is 0.123. The zero-order valence-corrected chi connectivity index (χ0v) is 17.4. The van der Waals surface area contributed by atoms with Crippen LogP contribution in [0.15, 0.2) is 24.3 Å². The molecule has 0 spiro atoms. The fourth-order valence-electron chi connectivity index (χ4n) is 4.09. The molecule has 0 aliphatic carbocycles. The lowest BCUT2D eigenvalue weighted by Crippen LogP contribution is -2.41. The number of rotatable bonds is 6. The highest BCUT2D eigenvalue weighted by Gasteiger charge is 2.24. The van der Waals surface area contributed by atoms with Gasteiger partial charge in [0.15, 0.2) is 0 Å². The van der Waals surface area contributed by atoms with Crippen molar-refractivity contribution >= 4 is 11.8 Å². The molecule has 154 valence electrons. The molecule has 1 aromatic rings. The maximum atomic E-state index is 12.5. The van der Waals surface area contributed by atoms with Crippen LogP contribution in [0.3, 0.4) is 0 Å². The Labute approximate surface area is 169 Å². The topological polar surface area (TPSA) is 49.9 Å². The van der Waals surface area contributed by atoms with Gasteiger partial charge in [0.1, 0.15) is 5.75 Å². The summed E-state index contributed by atoms with van der Waals surface area (Å²) in [7, 11) is 0. The Balaban J connectivity index is 1.48. The molecule has 0 unspecified atom stereocenters. The lowest BCUT2D eigenvalue weighted by atomic mass is 9.98. The molecule has 0 bridgehead atoms. The lowest BCUT2D eigenvalue weighted by Gasteiger charge is -2.33. The number of nitrogens with zero attached hydrogens (tertiary/aromatic N) is 2. The normalized spacial score (nSPS) is 20.3. The van der Waals surface area contributed by atoms with Crippen molar-refractivity contribution < 1.29 is 14.3 Å². The highest BCUT2D eigenvalue weighted by molar-refractivity contribution is 5.94. The van der Waals surface area contributed by atoms with Crippen LogP contribution in [0.1, 0.15) is 62.7 Å². The number of carbonyl (C=O) groups excluding carboxylic acids is 2. The zero-order valence-electron chi connectivity index (χ0n) is 17.4. The quantitative estimate of drug-likeness (QED) is 0.743. The Morgan fingerprint density at radius 1 is 1.00 bits per heavy atom. The van der Waals surface area contributed by atoms with Gasteiger partial charge in [-0.15, -0.1) is 0 Å². The van der Waals surface area contributed by atoms with E-state index < -0.39 is 0 Å². The van der Waals surface area contributed by atoms with Crippen LogP contribution in [0.4, 0.5) is 0 Å². The van der Waals surface area contributed by atoms with E-state index in [2.05, 4.69) is 13.8 Å². The van der Waals surface area contributed by atoms with Gasteiger partial charge in [0.2, 0.25) is 5.91 Å². The van der Waals surface area contributed by atoms with E-state index in [0.29, 0.717) is 24.9 Å². The highest BCUT2D eigenvalue weighted by atomic mass is 16.5. The number of ether oxygens (including phenoxy) is 1. The van der Waals surface area contributed by atoms with E-state index in [4.69, 9.17) is 4.74 Å². The van der Waals surface area contributed by atoms with Gasteiger partial charge in [0, 0.05) is 44.1 Å². The molecule has 2 aliphatic heterocycles. The van der Waals surface area contributed by atoms with E-state index in [9.17, 15) is 9.59 Å². The van der Waals surface area contributed by atoms with Gasteiger partial charge in [-0.25, -0.2) is 0 Å². The van der Waals surface area contributed by atoms with Crippen LogP contribution in [0.25, 0.3) is 0 Å². The van der Waals surface area contributed by atoms with Gasteiger partial charge in [0.05, 0.1) is 6.61 Å². The van der Waals surface area contributed by atoms with E-state index in [1.807, 2.05) is 34.1 Å². The standard InChI is InChI=1S/C23H34N2O3/c1-18(2)15-22(26)25-14-6-7-19(16-25)17-28-21-10-8-20(9-11-21)23(27)24-12-4-3-5-13-24/h8-11,18-19H,3-7,12-17H2,1-2H3/t19-/m1/s1. The summed E-state index contributed by atoms with van der Waals surface area (Å²) in [6, 6.07) is 7.51. The largest absolute Gasteiger partial charge is 0.493 e. The maximum absolute atomic E-state index is 12.5. The Morgan fingerprint density at radius 3 is 2.36 bits per heavy atom. The van der Waals surface area contributed by atoms with Gasteiger partial charge in [-0.3, -0.25) is 9.59 Å². The van der Waals surface area contributed by atoms with E-state index in [1.54, 1.807) is 0 Å². The second-order valence-corrected chi connectivity index (χ2v) is 8.63. The summed E-state index contributed by atoms with van der Waals surface area (Å²) in [5, 5.41) is 0. The molecule has 28 heavy (non-hydrogen) atoms. The van der Waals surface area contributed by atoms with Gasteiger partial charge in [-0.2, -0.15) is 0 Å². The molecular formula is C23H34N2O3. The predicted molar refractivity (Wildman–Crippen MR) is 110 cm³/mol. The summed E-state index contributed by atoms with van der Waals surface area (Å²) in [6.45, 7) is 8.18. The van der Waals surface area contributed by atoms with Crippen molar-refractivity contribution in [2.45, 2.75) is 52.4 Å². The summed E-state index contributed by atoms with van der Waals surface area (Å²) >= 11 is 0. The average molecular weight is 387 g/mol. The van der Waals surface area contributed by atoms with Crippen LogP contribution < -0.4 is 4.74 Å². The second kappa shape index (κ2) is 9.94. The number of likely N-dealkylation sites (tertiary alicyclic amines) is 2. The van der Waals surface area contributed by atoms with Crippen molar-refractivity contribution in [3.63, 3.8) is 0 Å². The van der Waals surface area contributed by atoms with Crippen molar-refractivity contribution in [1.29, 1.82) is 0 Å². The summed E-state index contributed by atoms with van der Waals surface area (Å²) < 4.78 is 5.97. The van der Waals surface area contributed by atoms with Crippen molar-refractivity contribution in [3.05, 3.63) is 29.8 Å². The van der Waals surface area contributed by atoms with Crippen LogP contribution in [0.5, 0.6) is 5.75 Å². The van der Waals surface area contributed by atoms with Gasteiger partial charge in [0.25, 0.3) is 5.91 Å². The average Bonchev–Trinajstić information content (AvgIpc) is 2.72. The third kappa shape index (κ3) is 5.73. The van der Waals surface area contributed by atoms with Crippen LogP contribution in [-0.2, 0) is 4.79 Å². The minimum Gasteiger partial charge on any atom is -0.493 e. The van der Waals surface area contributed by atoms with Crippen molar-refractivity contribution in [3.8, 4) is 5.75 Å². The number of hydrogen-bond acceptors (Lipinski definition) is 3. The van der Waals surface area contributed by atoms with Crippen LogP contribution in [-0.4, -0.2) is 54.4 Å². The zero-order chi connectivity index (χ0) is 19.9. The SMILES string of the molecule is CC(C)CC(=O)N1CCC[C@@H](COc2ccc(C(=O)N3CCCCC3)cc2)C1. The van der Waals surface area contributed by atoms with Gasteiger partial charge >= 0.3 is 0 Å². The summed E-state index contributed by atoms with van der Waals surface area (Å²) in [5.74, 6) is 1.95. The highest BCUT2D eigenvalue weighted by Crippen LogP contribution is 2.21. The summed E-state index contributed by atoms with van der Waals surface area (Å²) in [6.07, 6.45) is 6.19. The first-order chi connectivity index (χ1) is 13.5. The molecule has 0 radical (unpaired) electrons. The van der Waals surface area contributed by atoms with Gasteiger partial charge < -0.3 is 14.5 Å². The van der Waals surface area contributed by atoms with E-state index in [-0.39, 0.29) is 11.8 Å². The van der Waals surface area contributed by atoms with Gasteiger partial charge in [-0.1, -0.05) is 13.8 Å². The Bertz CT molecular complexity index is 650. The number of carbonyl (C=O) groups is 2. The predicted octanol–water partition coefficient (Wildman–Crippen LogP) is 3.98. The number of amides is 2. The molecule has 5 heteroatoms. The molecule has 0 saturated carbocycles. The summed E-state index contributed by atoms with van der Waals surface area (Å²) in [4.78, 5) is 28.8. The molecule has 3 rings (SSSR count). The van der Waals surface area contributed by atoms with Gasteiger partial charge in [-0.05, 0) is 62.3 Å². The molecule has 2 heterocycles. The first-order valence-electron chi connectivity index (χ1n) is 10.8. The number of benzene rings is 1. The minimum atomic E-state index is 0.123. The fraction of sp³-hybridized carbons (Fsp3) is 0.652. The molecule has 1 aromatic carbocycles. The second-order valence-electron chi connectivity index (χ2n) is 8.63. The Hall–Kier alpha value is -2.04. The molecule has 2 aliphatic rings. The first kappa shape index (κ1) is 20.7. The molecule has 0 aromatic heterocycles. The van der Waals surface area contributed by atoms with Crippen LogP contribution in [0, 0.1) is 11.8 Å². The third-order valence-corrected chi connectivity index (χ3v) is 5.68. The number of hydrogen-bond donors (Lipinski definition) is 0. The van der Waals surface area contributed by atoms with Crippen LogP contribution in [0.2, 0.25) is 0 Å². The van der Waals surface area contributed by atoms with E-state index >= 15 is 0 Å². The van der Waals surface area contributed by atoms with Crippen LogP contribution >= 0.6 is 0 Å². The maximum Gasteiger partial charge on any atom is 0.253 e. The molecule has 2 saturated heterocycles. The fourth-order valence-corrected chi connectivity index (χ4v) is 4.09. The number of piperidine rings is 2. The molecule has 1 atom stereocenters. The Morgan fingerprint density at radius 2 is 1.68 bits per heavy atom. The molecule has 5 nitrogen and oxygen atoms in total. The van der Waals surface area contributed by atoms with E-state index in [1.165, 1.54) is 6.42 Å². The smallest absolute Gasteiger partial charge is 0.253 e. The third-order valence-electron chi connectivity index (χ3n) is 5.68. The van der Waals surface area contributed by atoms with E-state index in [0.717, 1.165) is 63.2 Å². The van der Waals surface area contributed by atoms with Crippen molar-refractivity contribution in [2.24, 2.45) is 11.8 Å². The van der Waals surface area contributed by atoms with Crippen molar-refractivity contribution in [2.75, 3.05) is 32.8 Å². The van der Waals surface area contributed by atoms with Crippen molar-refractivity contribution in [1.82, 2.24) is 9.80 Å². The lowest BCUT2D eigenvalue weighted by molar-refractivity contribution is -0.134. The molecule has 2 fully saturated rings. The summed E-state index contributed by atoms with van der Waals surface area (Å²) in [5.41, 5.74) is 0.734. The first-order valence-corrected chi connectivity index (χ1v) is 10.8. The monoisotopic (exact) mass is 386 g/mol. The Kier molecular flexibility index (Phi) is 7.35. The molecular weight excluding hydrogens is 352 g/mol. The molecule has 0 N–H and O–H groups in total.